The fraction of sp³-hybridized carbons (Fsp3) is 1.00. The molecule has 0 aliphatic carbocycles. The van der Waals surface area contributed by atoms with Crippen molar-refractivity contribution < 1.29 is 42.8 Å². The highest BCUT2D eigenvalue weighted by Crippen LogP contribution is 2.48. The Balaban J connectivity index is -0.000000448. The van der Waals surface area contributed by atoms with Gasteiger partial charge in [-0.05, 0) is 0 Å². The number of rotatable bonds is 14. The third-order valence-corrected chi connectivity index (χ3v) is 6.04. The van der Waals surface area contributed by atoms with Gasteiger partial charge in [-0.2, -0.15) is 0 Å². The van der Waals surface area contributed by atoms with Crippen LogP contribution in [0.3, 0.4) is 0 Å². The lowest BCUT2D eigenvalue weighted by Crippen LogP contribution is -3.13. The minimum Gasteiger partial charge on any atom is -0.789 e. The first-order valence-electron chi connectivity index (χ1n) is 13.0. The Morgan fingerprint density at radius 2 is 0.714 bits per heavy atom. The van der Waals surface area contributed by atoms with Crippen molar-refractivity contribution in [2.75, 3.05) is 39.3 Å². The Morgan fingerprint density at radius 3 is 0.771 bits per heavy atom. The molecule has 0 aliphatic rings. The van der Waals surface area contributed by atoms with Crippen molar-refractivity contribution in [2.45, 2.75) is 83.1 Å². The standard InChI is InChI=1S/2C12H27N.H4O7P2/c2*1-10(2)7-13(8-11(3)4)9-12(5)6;1-8(2,3)7-9(4,5)6/h2*10-12H,7-9H2,1-6H3;(H2,1,2,3)(H2,4,5,6). The van der Waals surface area contributed by atoms with Crippen LogP contribution in [0.4, 0.5) is 0 Å². The molecule has 0 unspecified atom stereocenters. The van der Waals surface area contributed by atoms with E-state index in [0.29, 0.717) is 0 Å². The Bertz CT molecular complexity index is 491. The fourth-order valence-corrected chi connectivity index (χ4v) is 5.14. The average Bonchev–Trinajstić information content (AvgIpc) is 2.47. The van der Waals surface area contributed by atoms with Crippen molar-refractivity contribution in [3.63, 3.8) is 0 Å². The van der Waals surface area contributed by atoms with Gasteiger partial charge in [0.05, 0.1) is 47.1 Å². The Morgan fingerprint density at radius 1 is 0.543 bits per heavy atom. The molecule has 0 fully saturated rings. The van der Waals surface area contributed by atoms with E-state index >= 15 is 0 Å². The Hall–Kier alpha value is 0.180. The summed E-state index contributed by atoms with van der Waals surface area (Å²) in [5.41, 5.74) is 0. The minimum absolute atomic E-state index is 0.826. The van der Waals surface area contributed by atoms with Crippen LogP contribution in [0.2, 0.25) is 0 Å². The molecule has 0 saturated carbocycles. The molecule has 0 aliphatic heterocycles. The van der Waals surface area contributed by atoms with Crippen molar-refractivity contribution >= 4 is 15.6 Å². The highest BCUT2D eigenvalue weighted by Gasteiger charge is 2.16. The van der Waals surface area contributed by atoms with E-state index in [4.69, 9.17) is 9.79 Å². The molecule has 0 atom stereocenters. The van der Waals surface area contributed by atoms with Crippen LogP contribution < -0.4 is 19.6 Å². The highest BCUT2D eigenvalue weighted by atomic mass is 31.3. The predicted molar refractivity (Wildman–Crippen MR) is 141 cm³/mol. The van der Waals surface area contributed by atoms with Gasteiger partial charge in [0.25, 0.3) is 0 Å². The molecule has 0 aromatic carbocycles. The van der Waals surface area contributed by atoms with Crippen LogP contribution in [0.15, 0.2) is 0 Å². The van der Waals surface area contributed by atoms with E-state index in [9.17, 15) is 18.9 Å². The SMILES string of the molecule is CC(C)C[NH+](CC(C)C)CC(C)C.CC(C)C[NH+](CC(C)C)CC(C)C.O=P([O-])([O-])OP(=O)(O)O. The van der Waals surface area contributed by atoms with Gasteiger partial charge in [-0.15, -0.1) is 0 Å². The van der Waals surface area contributed by atoms with Gasteiger partial charge in [-0.3, -0.25) is 4.31 Å². The first-order chi connectivity index (χ1) is 15.5. The molecule has 35 heavy (non-hydrogen) atoms. The van der Waals surface area contributed by atoms with Crippen LogP contribution >= 0.6 is 15.6 Å². The molecule has 0 aromatic heterocycles. The first kappa shape index (κ1) is 39.7. The quantitative estimate of drug-likeness (QED) is 0.242. The van der Waals surface area contributed by atoms with E-state index in [0.717, 1.165) is 35.5 Å². The summed E-state index contributed by atoms with van der Waals surface area (Å²) in [6.45, 7) is 35.8. The molecule has 9 nitrogen and oxygen atoms in total. The molecular formula is C24H58N2O7P2. The zero-order valence-corrected chi connectivity index (χ0v) is 26.3. The minimum atomic E-state index is -5.55. The van der Waals surface area contributed by atoms with Gasteiger partial charge in [0.15, 0.2) is 0 Å². The zero-order chi connectivity index (χ0) is 28.6. The van der Waals surface area contributed by atoms with Crippen molar-refractivity contribution in [2.24, 2.45) is 35.5 Å². The largest absolute Gasteiger partial charge is 0.789 e. The van der Waals surface area contributed by atoms with Crippen molar-refractivity contribution in [3.8, 4) is 0 Å². The monoisotopic (exact) mass is 548 g/mol. The first-order valence-corrected chi connectivity index (χ1v) is 16.0. The number of phosphoric acid groups is 2. The summed E-state index contributed by atoms with van der Waals surface area (Å²) in [5, 5.41) is 0. The van der Waals surface area contributed by atoms with Crippen molar-refractivity contribution in [1.29, 1.82) is 0 Å². The van der Waals surface area contributed by atoms with Crippen LogP contribution in [0.25, 0.3) is 0 Å². The highest BCUT2D eigenvalue weighted by molar-refractivity contribution is 7.58. The summed E-state index contributed by atoms with van der Waals surface area (Å²) < 4.78 is 21.7. The lowest BCUT2D eigenvalue weighted by molar-refractivity contribution is -0.909. The molecule has 0 bridgehead atoms. The summed E-state index contributed by atoms with van der Waals surface area (Å²) in [6, 6.07) is 0. The molecule has 0 amide bonds. The lowest BCUT2D eigenvalue weighted by Gasteiger charge is -2.27. The van der Waals surface area contributed by atoms with Gasteiger partial charge in [0, 0.05) is 35.5 Å². The maximum atomic E-state index is 9.55. The second kappa shape index (κ2) is 20.2. The van der Waals surface area contributed by atoms with Crippen LogP contribution in [-0.2, 0) is 13.4 Å². The third-order valence-electron chi connectivity index (χ3n) is 4.39. The van der Waals surface area contributed by atoms with Crippen LogP contribution in [0.5, 0.6) is 0 Å². The molecule has 4 N–H and O–H groups in total. The van der Waals surface area contributed by atoms with E-state index < -0.39 is 15.6 Å². The lowest BCUT2D eigenvalue weighted by atomic mass is 10.1. The van der Waals surface area contributed by atoms with Crippen LogP contribution in [0, 0.1) is 35.5 Å². The van der Waals surface area contributed by atoms with Gasteiger partial charge in [0.1, 0.15) is 0 Å². The smallest absolute Gasteiger partial charge is 0.473 e. The predicted octanol–water partition coefficient (Wildman–Crippen LogP) is 1.60. The number of quaternary nitrogens is 2. The van der Waals surface area contributed by atoms with Gasteiger partial charge in [-0.1, -0.05) is 83.1 Å². The van der Waals surface area contributed by atoms with Gasteiger partial charge in [-0.25, -0.2) is 4.57 Å². The van der Waals surface area contributed by atoms with E-state index in [-0.39, 0.29) is 0 Å². The molecule has 216 valence electrons. The maximum absolute atomic E-state index is 9.55. The van der Waals surface area contributed by atoms with E-state index in [1.165, 1.54) is 39.3 Å². The molecule has 0 heterocycles. The normalized spacial score (nSPS) is 12.8. The molecular weight excluding hydrogens is 490 g/mol. The molecule has 0 rings (SSSR count). The summed E-state index contributed by atoms with van der Waals surface area (Å²) in [6.07, 6.45) is 0. The summed E-state index contributed by atoms with van der Waals surface area (Å²) in [7, 11) is -10.7. The maximum Gasteiger partial charge on any atom is 0.473 e. The average molecular weight is 549 g/mol. The molecule has 0 saturated heterocycles. The van der Waals surface area contributed by atoms with Gasteiger partial charge in [0.2, 0.25) is 0 Å². The molecule has 0 radical (unpaired) electrons. The number of hydrogen-bond donors (Lipinski definition) is 4. The second-order valence-electron chi connectivity index (χ2n) is 12.1. The Labute approximate surface area is 216 Å². The van der Waals surface area contributed by atoms with Crippen molar-refractivity contribution in [1.82, 2.24) is 0 Å². The van der Waals surface area contributed by atoms with Gasteiger partial charge >= 0.3 is 7.82 Å². The summed E-state index contributed by atoms with van der Waals surface area (Å²) in [5.74, 6) is 4.96. The summed E-state index contributed by atoms with van der Waals surface area (Å²) in [4.78, 5) is 37.7. The second-order valence-corrected chi connectivity index (χ2v) is 14.6. The van der Waals surface area contributed by atoms with E-state index in [1.54, 1.807) is 9.80 Å². The zero-order valence-electron chi connectivity index (χ0n) is 24.5. The van der Waals surface area contributed by atoms with E-state index in [2.05, 4.69) is 87.4 Å². The van der Waals surface area contributed by atoms with Crippen LogP contribution in [-0.4, -0.2) is 49.1 Å². The van der Waals surface area contributed by atoms with Gasteiger partial charge < -0.3 is 33.9 Å². The topological polar surface area (TPSA) is 139 Å². The summed E-state index contributed by atoms with van der Waals surface area (Å²) >= 11 is 0. The third kappa shape index (κ3) is 38.9. The number of nitrogens with one attached hydrogen (secondary N) is 2. The molecule has 0 spiro atoms. The fourth-order valence-electron chi connectivity index (χ4n) is 4.09. The van der Waals surface area contributed by atoms with Crippen LogP contribution in [0.1, 0.15) is 83.1 Å². The molecule has 11 heteroatoms. The number of hydrogen-bond acceptors (Lipinski definition) is 5. The Kier molecular flexibility index (Phi) is 22.9. The van der Waals surface area contributed by atoms with Crippen molar-refractivity contribution in [3.05, 3.63) is 0 Å². The molecule has 0 aromatic rings. The van der Waals surface area contributed by atoms with E-state index in [1.807, 2.05) is 0 Å².